The number of benzene rings is 2. The Morgan fingerprint density at radius 1 is 1.14 bits per heavy atom. The highest BCUT2D eigenvalue weighted by atomic mass is 16.5. The zero-order valence-electron chi connectivity index (χ0n) is 21.7. The third kappa shape index (κ3) is 4.23. The minimum absolute atomic E-state index is 0.189. The molecule has 4 atom stereocenters. The lowest BCUT2D eigenvalue weighted by molar-refractivity contribution is -0.205. The quantitative estimate of drug-likeness (QED) is 0.508. The van der Waals surface area contributed by atoms with Crippen molar-refractivity contribution < 1.29 is 19.5 Å². The Bertz CT molecular complexity index is 1210. The van der Waals surface area contributed by atoms with Crippen LogP contribution in [0, 0.1) is 5.92 Å². The molecule has 2 aromatic carbocycles. The highest BCUT2D eigenvalue weighted by Gasteiger charge is 2.60. The summed E-state index contributed by atoms with van der Waals surface area (Å²) in [7, 11) is 3.91. The predicted molar refractivity (Wildman–Crippen MR) is 136 cm³/mol. The van der Waals surface area contributed by atoms with Crippen molar-refractivity contribution in [1.29, 1.82) is 0 Å². The fourth-order valence-electron chi connectivity index (χ4n) is 6.63. The molecule has 7 nitrogen and oxygen atoms in total. The highest BCUT2D eigenvalue weighted by molar-refractivity contribution is 5.45. The molecule has 1 heterocycles. The van der Waals surface area contributed by atoms with Gasteiger partial charge in [0.1, 0.15) is 11.4 Å². The average molecular weight is 492 g/mol. The van der Waals surface area contributed by atoms with Crippen LogP contribution in [-0.2, 0) is 30.6 Å². The summed E-state index contributed by atoms with van der Waals surface area (Å²) in [4.78, 5) is 6.36. The van der Waals surface area contributed by atoms with Crippen LogP contribution in [0.25, 0.3) is 0 Å². The Balaban J connectivity index is 1.38. The van der Waals surface area contributed by atoms with E-state index in [9.17, 15) is 10.2 Å². The van der Waals surface area contributed by atoms with Crippen molar-refractivity contribution in [2.75, 3.05) is 14.1 Å². The maximum absolute atomic E-state index is 11.8. The van der Waals surface area contributed by atoms with Gasteiger partial charge in [0.25, 0.3) is 0 Å². The molecule has 0 aliphatic heterocycles. The summed E-state index contributed by atoms with van der Waals surface area (Å²) in [6, 6.07) is 16.0. The van der Waals surface area contributed by atoms with Gasteiger partial charge in [-0.05, 0) is 87.9 Å². The van der Waals surface area contributed by atoms with Crippen LogP contribution in [0.3, 0.4) is 0 Å². The molecule has 3 aromatic rings. The molecule has 5 rings (SSSR count). The zero-order chi connectivity index (χ0) is 25.6. The van der Waals surface area contributed by atoms with Crippen LogP contribution in [0.1, 0.15) is 67.9 Å². The van der Waals surface area contributed by atoms with Crippen molar-refractivity contribution in [3.63, 3.8) is 0 Å². The van der Waals surface area contributed by atoms with Crippen molar-refractivity contribution in [3.8, 4) is 5.75 Å². The lowest BCUT2D eigenvalue weighted by atomic mass is 9.49. The molecular formula is C29H37N3O4. The summed E-state index contributed by atoms with van der Waals surface area (Å²) in [5.74, 6) is 2.15. The van der Waals surface area contributed by atoms with Crippen LogP contribution < -0.4 is 4.74 Å². The van der Waals surface area contributed by atoms with E-state index < -0.39 is 11.2 Å². The number of hydrogen-bond acceptors (Lipinski definition) is 7. The van der Waals surface area contributed by atoms with Crippen molar-refractivity contribution in [3.05, 3.63) is 76.9 Å². The number of fused-ring (bicyclic) bond motifs is 3. The molecule has 1 saturated carbocycles. The molecule has 1 aromatic heterocycles. The van der Waals surface area contributed by atoms with Gasteiger partial charge >= 0.3 is 0 Å². The molecule has 7 heteroatoms. The third-order valence-electron chi connectivity index (χ3n) is 8.46. The van der Waals surface area contributed by atoms with E-state index in [1.165, 1.54) is 11.1 Å². The number of rotatable bonds is 7. The molecular weight excluding hydrogens is 454 g/mol. The Morgan fingerprint density at radius 2 is 1.92 bits per heavy atom. The number of nitrogens with zero attached hydrogens (tertiary/aromatic N) is 3. The Labute approximate surface area is 213 Å². The van der Waals surface area contributed by atoms with Crippen LogP contribution in [0.4, 0.5) is 0 Å². The summed E-state index contributed by atoms with van der Waals surface area (Å²) in [5.41, 5.74) is 0.613. The van der Waals surface area contributed by atoms with Gasteiger partial charge in [0.05, 0.1) is 12.1 Å². The number of ether oxygens (including phenoxy) is 1. The van der Waals surface area contributed by atoms with E-state index >= 15 is 0 Å². The summed E-state index contributed by atoms with van der Waals surface area (Å²) < 4.78 is 11.3. The molecule has 2 aliphatic carbocycles. The third-order valence-corrected chi connectivity index (χ3v) is 8.46. The summed E-state index contributed by atoms with van der Waals surface area (Å²) in [6.45, 7) is 4.84. The van der Waals surface area contributed by atoms with Gasteiger partial charge in [-0.3, -0.25) is 0 Å². The van der Waals surface area contributed by atoms with Crippen LogP contribution >= 0.6 is 0 Å². The number of hydrogen-bond donors (Lipinski definition) is 2. The molecule has 0 radical (unpaired) electrons. The fraction of sp³-hybridized carbons (Fsp3) is 0.517. The normalized spacial score (nSPS) is 29.6. The van der Waals surface area contributed by atoms with Gasteiger partial charge < -0.3 is 24.4 Å². The second-order valence-electron chi connectivity index (χ2n) is 11.1. The Morgan fingerprint density at radius 3 is 2.64 bits per heavy atom. The van der Waals surface area contributed by atoms with Gasteiger partial charge in [-0.25, -0.2) is 0 Å². The van der Waals surface area contributed by atoms with Gasteiger partial charge in [0.15, 0.2) is 6.61 Å². The maximum atomic E-state index is 11.8. The molecule has 0 bridgehead atoms. The first-order chi connectivity index (χ1) is 17.2. The molecule has 192 valence electrons. The first-order valence-corrected chi connectivity index (χ1v) is 12.9. The predicted octanol–water partition coefficient (Wildman–Crippen LogP) is 4.35. The lowest BCUT2D eigenvalue weighted by Crippen LogP contribution is -2.62. The van der Waals surface area contributed by atoms with E-state index in [0.29, 0.717) is 31.1 Å². The van der Waals surface area contributed by atoms with Crippen molar-refractivity contribution in [2.24, 2.45) is 5.92 Å². The minimum Gasteiger partial charge on any atom is -0.485 e. The van der Waals surface area contributed by atoms with Crippen LogP contribution in [-0.4, -0.2) is 45.0 Å². The molecule has 0 amide bonds. The van der Waals surface area contributed by atoms with E-state index in [2.05, 4.69) is 29.2 Å². The largest absolute Gasteiger partial charge is 0.485 e. The smallest absolute Gasteiger partial charge is 0.240 e. The van der Waals surface area contributed by atoms with Crippen molar-refractivity contribution >= 4 is 0 Å². The van der Waals surface area contributed by atoms with Gasteiger partial charge in [-0.2, -0.15) is 4.98 Å². The van der Waals surface area contributed by atoms with Gasteiger partial charge in [-0.15, -0.1) is 0 Å². The molecule has 2 N–H and O–H groups in total. The number of aromatic nitrogens is 2. The van der Waals surface area contributed by atoms with E-state index in [0.717, 1.165) is 30.6 Å². The summed E-state index contributed by atoms with van der Waals surface area (Å²) in [5, 5.41) is 27.6. The summed E-state index contributed by atoms with van der Waals surface area (Å²) in [6.07, 6.45) is 3.85. The van der Waals surface area contributed by atoms with Crippen LogP contribution in [0.15, 0.2) is 53.1 Å². The number of aryl methyl sites for hydroxylation is 1. The highest BCUT2D eigenvalue weighted by Crippen LogP contribution is 2.60. The zero-order valence-corrected chi connectivity index (χ0v) is 21.7. The Kier molecular flexibility index (Phi) is 6.43. The summed E-state index contributed by atoms with van der Waals surface area (Å²) >= 11 is 0. The molecule has 36 heavy (non-hydrogen) atoms. The first-order valence-electron chi connectivity index (χ1n) is 12.9. The minimum atomic E-state index is -1.27. The van der Waals surface area contributed by atoms with Gasteiger partial charge in [-0.1, -0.05) is 48.5 Å². The van der Waals surface area contributed by atoms with Crippen LogP contribution in [0.2, 0.25) is 0 Å². The second-order valence-corrected chi connectivity index (χ2v) is 11.1. The first kappa shape index (κ1) is 24.9. The standard InChI is InChI=1S/C29H37N3O4/c1-5-28-19-27(2,33)29(34,21-9-7-6-8-10-21)16-22(28)12-11-20-15-23(13-14-24(20)28)35-18-25-30-26(36-31-25)17-32(3)4/h6-10,13-15,22,33-34H,5,11-12,16-19H2,1-4H3. The van der Waals surface area contributed by atoms with E-state index in [-0.39, 0.29) is 17.9 Å². The lowest BCUT2D eigenvalue weighted by Gasteiger charge is -2.59. The van der Waals surface area contributed by atoms with Crippen molar-refractivity contribution in [2.45, 2.75) is 75.7 Å². The molecule has 0 spiro atoms. The second kappa shape index (κ2) is 9.29. The van der Waals surface area contributed by atoms with E-state index in [4.69, 9.17) is 9.26 Å². The molecule has 1 fully saturated rings. The van der Waals surface area contributed by atoms with Gasteiger partial charge in [0, 0.05) is 5.41 Å². The maximum Gasteiger partial charge on any atom is 0.240 e. The topological polar surface area (TPSA) is 91.8 Å². The van der Waals surface area contributed by atoms with Gasteiger partial charge in [0.2, 0.25) is 11.7 Å². The average Bonchev–Trinajstić information content (AvgIpc) is 3.30. The van der Waals surface area contributed by atoms with Crippen LogP contribution in [0.5, 0.6) is 5.75 Å². The fourth-order valence-corrected chi connectivity index (χ4v) is 6.63. The van der Waals surface area contributed by atoms with Crippen molar-refractivity contribution in [1.82, 2.24) is 15.0 Å². The van der Waals surface area contributed by atoms with E-state index in [1.807, 2.05) is 55.4 Å². The molecule has 2 aliphatic rings. The Hall–Kier alpha value is -2.74. The molecule has 4 unspecified atom stereocenters. The monoisotopic (exact) mass is 491 g/mol. The molecule has 0 saturated heterocycles. The number of aliphatic hydroxyl groups is 2. The van der Waals surface area contributed by atoms with E-state index in [1.54, 1.807) is 6.92 Å². The SMILES string of the molecule is CCC12CC(C)(O)C(O)(c3ccccc3)CC1CCc1cc(OCc3noc(CN(C)C)n3)ccc12.